The first-order valence-electron chi connectivity index (χ1n) is 13.5. The highest BCUT2D eigenvalue weighted by molar-refractivity contribution is 7.89. The zero-order chi connectivity index (χ0) is 28.6. The molecule has 12 heteroatoms. The molecule has 0 spiro atoms. The highest BCUT2D eigenvalue weighted by atomic mass is 32.2. The monoisotopic (exact) mass is 567 g/mol. The van der Waals surface area contributed by atoms with Crippen LogP contribution in [0.4, 0.5) is 4.79 Å². The van der Waals surface area contributed by atoms with Crippen molar-refractivity contribution >= 4 is 27.8 Å². The molecule has 218 valence electrons. The van der Waals surface area contributed by atoms with Crippen LogP contribution >= 0.6 is 0 Å². The molecule has 1 aromatic rings. The lowest BCUT2D eigenvalue weighted by Crippen LogP contribution is -2.43. The molecule has 11 nitrogen and oxygen atoms in total. The second-order valence-corrected chi connectivity index (χ2v) is 13.0. The second kappa shape index (κ2) is 13.5. The van der Waals surface area contributed by atoms with E-state index in [1.165, 1.54) is 0 Å². The number of piperidine rings is 1. The highest BCUT2D eigenvalue weighted by Crippen LogP contribution is 2.24. The van der Waals surface area contributed by atoms with E-state index in [-0.39, 0.29) is 18.3 Å². The minimum absolute atomic E-state index is 0.0262. The van der Waals surface area contributed by atoms with Crippen LogP contribution in [0.2, 0.25) is 0 Å². The molecule has 0 unspecified atom stereocenters. The largest absolute Gasteiger partial charge is 0.493 e. The zero-order valence-electron chi connectivity index (χ0n) is 23.2. The number of nitrogens with zero attached hydrogens (tertiary/aromatic N) is 2. The van der Waals surface area contributed by atoms with Gasteiger partial charge in [-0.05, 0) is 75.8 Å². The van der Waals surface area contributed by atoms with Crippen LogP contribution in [0.5, 0.6) is 5.75 Å². The van der Waals surface area contributed by atoms with Crippen molar-refractivity contribution in [3.8, 4) is 5.75 Å². The number of hydrogen-bond donors (Lipinski definition) is 2. The van der Waals surface area contributed by atoms with E-state index in [4.69, 9.17) is 14.3 Å². The Morgan fingerprint density at radius 3 is 2.46 bits per heavy atom. The highest BCUT2D eigenvalue weighted by Gasteiger charge is 2.32. The number of amides is 1. The van der Waals surface area contributed by atoms with Crippen molar-refractivity contribution in [3.63, 3.8) is 0 Å². The van der Waals surface area contributed by atoms with Gasteiger partial charge in [-0.3, -0.25) is 4.79 Å². The second-order valence-electron chi connectivity index (χ2n) is 11.1. The molecule has 2 atom stereocenters. The summed E-state index contributed by atoms with van der Waals surface area (Å²) in [6.45, 7) is 9.29. The van der Waals surface area contributed by atoms with E-state index >= 15 is 0 Å². The van der Waals surface area contributed by atoms with Crippen LogP contribution in [0.25, 0.3) is 0 Å². The molecule has 39 heavy (non-hydrogen) atoms. The first kappa shape index (κ1) is 30.7. The maximum Gasteiger partial charge on any atom is 0.410 e. The minimum atomic E-state index is -3.69. The quantitative estimate of drug-likeness (QED) is 0.388. The summed E-state index contributed by atoms with van der Waals surface area (Å²) in [7, 11) is -3.69. The minimum Gasteiger partial charge on any atom is -0.493 e. The number of benzene rings is 1. The number of sulfonamides is 1. The first-order chi connectivity index (χ1) is 18.3. The van der Waals surface area contributed by atoms with Crippen LogP contribution < -0.4 is 9.46 Å². The fraction of sp³-hybridized carbons (Fsp3) is 0.667. The lowest BCUT2D eigenvalue weighted by Gasteiger charge is -2.33. The van der Waals surface area contributed by atoms with Crippen molar-refractivity contribution in [1.29, 1.82) is 0 Å². The molecular formula is C27H41N3O8S. The molecule has 0 aromatic heterocycles. The third-order valence-electron chi connectivity index (χ3n) is 6.56. The average Bonchev–Trinajstić information content (AvgIpc) is 3.34. The number of likely N-dealkylation sites (tertiary alicyclic amines) is 1. The van der Waals surface area contributed by atoms with E-state index in [0.717, 1.165) is 24.2 Å². The van der Waals surface area contributed by atoms with E-state index in [0.29, 0.717) is 50.6 Å². The Balaban J connectivity index is 1.43. The normalized spacial score (nSPS) is 19.2. The third-order valence-corrected chi connectivity index (χ3v) is 8.03. The number of carbonyl (C=O) groups excluding carboxylic acids is 1. The predicted molar refractivity (Wildman–Crippen MR) is 146 cm³/mol. The molecule has 2 heterocycles. The average molecular weight is 568 g/mol. The Bertz CT molecular complexity index is 1110. The van der Waals surface area contributed by atoms with Crippen molar-refractivity contribution in [2.45, 2.75) is 84.0 Å². The summed E-state index contributed by atoms with van der Waals surface area (Å²) < 4.78 is 38.0. The van der Waals surface area contributed by atoms with Crippen LogP contribution in [-0.4, -0.2) is 79.4 Å². The maximum absolute atomic E-state index is 12.2. The molecular weight excluding hydrogens is 526 g/mol. The molecule has 0 bridgehead atoms. The van der Waals surface area contributed by atoms with Crippen molar-refractivity contribution in [3.05, 3.63) is 29.8 Å². The zero-order valence-corrected chi connectivity index (χ0v) is 24.0. The number of rotatable bonds is 12. The van der Waals surface area contributed by atoms with Gasteiger partial charge in [0.15, 0.2) is 0 Å². The van der Waals surface area contributed by atoms with Crippen LogP contribution in [0, 0.1) is 5.92 Å². The van der Waals surface area contributed by atoms with E-state index in [2.05, 4.69) is 9.88 Å². The van der Waals surface area contributed by atoms with Crippen LogP contribution in [-0.2, 0) is 24.4 Å². The number of unbranched alkanes of at least 4 members (excludes halogenated alkanes) is 1. The molecule has 1 saturated heterocycles. The van der Waals surface area contributed by atoms with Gasteiger partial charge in [0, 0.05) is 25.9 Å². The van der Waals surface area contributed by atoms with Crippen molar-refractivity contribution in [1.82, 2.24) is 9.62 Å². The van der Waals surface area contributed by atoms with Gasteiger partial charge < -0.3 is 24.3 Å². The van der Waals surface area contributed by atoms with Crippen LogP contribution in [0.3, 0.4) is 0 Å². The number of carboxylic acids is 1. The fourth-order valence-electron chi connectivity index (χ4n) is 4.36. The first-order valence-corrected chi connectivity index (χ1v) is 15.2. The summed E-state index contributed by atoms with van der Waals surface area (Å²) in [5, 5.41) is 13.6. The third kappa shape index (κ3) is 9.99. The van der Waals surface area contributed by atoms with E-state index in [1.54, 1.807) is 4.90 Å². The number of aliphatic carboxylic acids is 1. The Kier molecular flexibility index (Phi) is 10.6. The van der Waals surface area contributed by atoms with Gasteiger partial charge in [-0.15, -0.1) is 0 Å². The van der Waals surface area contributed by atoms with Gasteiger partial charge in [-0.25, -0.2) is 17.9 Å². The molecule has 2 aliphatic heterocycles. The van der Waals surface area contributed by atoms with Crippen LogP contribution in [0.1, 0.15) is 71.8 Å². The van der Waals surface area contributed by atoms with Gasteiger partial charge in [0.1, 0.15) is 23.5 Å². The van der Waals surface area contributed by atoms with Gasteiger partial charge in [0.25, 0.3) is 0 Å². The van der Waals surface area contributed by atoms with Gasteiger partial charge in [-0.2, -0.15) is 0 Å². The van der Waals surface area contributed by atoms with Gasteiger partial charge in [-0.1, -0.05) is 18.5 Å². The summed E-state index contributed by atoms with van der Waals surface area (Å²) >= 11 is 0. The topological polar surface area (TPSA) is 144 Å². The molecule has 0 radical (unpaired) electrons. The number of nitrogens with one attached hydrogen (secondary N) is 1. The summed E-state index contributed by atoms with van der Waals surface area (Å²) in [5.74, 6) is -0.292. The Hall–Kier alpha value is -2.86. The SMILES string of the molecule is CCCCS(=O)(=O)N[C@H](C[C@H]1CC(c2ccc(OCC3CCN(C(=O)OC(C)(C)C)CC3)cc2)=NO1)C(=O)O. The fourth-order valence-corrected chi connectivity index (χ4v) is 5.78. The Morgan fingerprint density at radius 2 is 1.87 bits per heavy atom. The molecule has 2 N–H and O–H groups in total. The van der Waals surface area contributed by atoms with E-state index < -0.39 is 33.7 Å². The van der Waals surface area contributed by atoms with E-state index in [1.807, 2.05) is 52.0 Å². The van der Waals surface area contributed by atoms with Crippen molar-refractivity contribution in [2.24, 2.45) is 11.1 Å². The van der Waals surface area contributed by atoms with Gasteiger partial charge in [0.05, 0.1) is 18.1 Å². The molecule has 1 aromatic carbocycles. The smallest absolute Gasteiger partial charge is 0.410 e. The van der Waals surface area contributed by atoms with Crippen molar-refractivity contribution < 1.29 is 37.4 Å². The number of hydrogen-bond acceptors (Lipinski definition) is 8. The molecule has 1 fully saturated rings. The summed E-state index contributed by atoms with van der Waals surface area (Å²) in [5.41, 5.74) is 0.986. The number of carbonyl (C=O) groups is 2. The molecule has 1 amide bonds. The van der Waals surface area contributed by atoms with Gasteiger partial charge >= 0.3 is 12.1 Å². The molecule has 2 aliphatic rings. The summed E-state index contributed by atoms with van der Waals surface area (Å²) in [6, 6.07) is 6.16. The Morgan fingerprint density at radius 1 is 1.21 bits per heavy atom. The van der Waals surface area contributed by atoms with Crippen LogP contribution in [0.15, 0.2) is 29.4 Å². The van der Waals surface area contributed by atoms with Crippen molar-refractivity contribution in [2.75, 3.05) is 25.4 Å². The lowest BCUT2D eigenvalue weighted by atomic mass is 9.98. The lowest BCUT2D eigenvalue weighted by molar-refractivity contribution is -0.139. The predicted octanol–water partition coefficient (Wildman–Crippen LogP) is 3.77. The molecule has 3 rings (SSSR count). The number of ether oxygens (including phenoxy) is 2. The summed E-state index contributed by atoms with van der Waals surface area (Å²) in [6.07, 6.45) is 2.38. The van der Waals surface area contributed by atoms with Gasteiger partial charge in [0.2, 0.25) is 10.0 Å². The maximum atomic E-state index is 12.2. The summed E-state index contributed by atoms with van der Waals surface area (Å²) in [4.78, 5) is 31.0. The number of carboxylic acid groups (broad SMARTS) is 1. The standard InChI is InChI=1S/C27H41N3O8S/c1-5-6-15-39(34,35)29-24(25(31)32)17-22-16-23(28-38-22)20-7-9-21(10-8-20)36-18-19-11-13-30(14-12-19)26(33)37-27(2,3)4/h7-10,19,22,24,29H,5-6,11-18H2,1-4H3,(H,31,32)/t22-,24-/m1/s1. The molecule has 0 aliphatic carbocycles. The number of oxime groups is 1. The molecule has 0 saturated carbocycles. The van der Waals surface area contributed by atoms with E-state index in [9.17, 15) is 23.1 Å². The Labute approximate surface area is 230 Å².